The van der Waals surface area contributed by atoms with Gasteiger partial charge < -0.3 is 4.74 Å². The molecule has 3 nitrogen and oxygen atoms in total. The maximum atomic E-state index is 11.8. The van der Waals surface area contributed by atoms with Gasteiger partial charge >= 0.3 is 5.97 Å². The highest BCUT2D eigenvalue weighted by Crippen LogP contribution is 2.15. The second-order valence-electron chi connectivity index (χ2n) is 7.09. The molecule has 0 amide bonds. The molecule has 0 aliphatic rings. The Morgan fingerprint density at radius 3 is 1.79 bits per heavy atom. The molecule has 0 bridgehead atoms. The predicted molar refractivity (Wildman–Crippen MR) is 101 cm³/mol. The van der Waals surface area contributed by atoms with Gasteiger partial charge in [-0.25, -0.2) is 0 Å². The van der Waals surface area contributed by atoms with E-state index in [1.807, 2.05) is 0 Å². The third-order valence-corrected chi connectivity index (χ3v) is 4.43. The number of Topliss-reactive ketones (excluding diaryl/α,β-unsaturated/α-hetero) is 1. The minimum atomic E-state index is -0.207. The van der Waals surface area contributed by atoms with Crippen molar-refractivity contribution in [2.75, 3.05) is 0 Å². The van der Waals surface area contributed by atoms with Crippen LogP contribution in [0.4, 0.5) is 0 Å². The molecular formula is C21H40O3. The normalized spacial score (nSPS) is 12.1. The van der Waals surface area contributed by atoms with Crippen molar-refractivity contribution in [3.05, 3.63) is 0 Å². The van der Waals surface area contributed by atoms with Crippen molar-refractivity contribution >= 4 is 11.8 Å². The van der Waals surface area contributed by atoms with Crippen LogP contribution in [-0.2, 0) is 14.3 Å². The van der Waals surface area contributed by atoms with Crippen LogP contribution in [0.25, 0.3) is 0 Å². The monoisotopic (exact) mass is 340 g/mol. The minimum Gasteiger partial charge on any atom is -0.462 e. The fourth-order valence-corrected chi connectivity index (χ4v) is 2.97. The number of carbonyl (C=O) groups is 2. The zero-order chi connectivity index (χ0) is 18.0. The number of hydrogen-bond acceptors (Lipinski definition) is 3. The van der Waals surface area contributed by atoms with E-state index in [1.165, 1.54) is 51.4 Å². The molecule has 0 aliphatic heterocycles. The standard InChI is InChI=1S/C21H40O3/c1-4-6-8-9-10-11-12-13-15-16-20(18-19(3)22)24-21(23)17-14-7-5-2/h20H,4-18H2,1-3H3/t20-/m1/s1. The number of ether oxygens (including phenoxy) is 1. The number of hydrogen-bond donors (Lipinski definition) is 0. The molecule has 0 radical (unpaired) electrons. The molecule has 1 atom stereocenters. The van der Waals surface area contributed by atoms with Gasteiger partial charge in [-0.3, -0.25) is 9.59 Å². The lowest BCUT2D eigenvalue weighted by atomic mass is 10.0. The Kier molecular flexibility index (Phi) is 16.4. The van der Waals surface area contributed by atoms with Gasteiger partial charge in [0.2, 0.25) is 0 Å². The van der Waals surface area contributed by atoms with Crippen LogP contribution in [0.3, 0.4) is 0 Å². The summed E-state index contributed by atoms with van der Waals surface area (Å²) in [6.45, 7) is 5.94. The molecule has 0 aromatic rings. The maximum Gasteiger partial charge on any atom is 0.306 e. The van der Waals surface area contributed by atoms with Gasteiger partial charge in [-0.1, -0.05) is 78.1 Å². The first-order valence-electron chi connectivity index (χ1n) is 10.3. The Labute approximate surface area is 149 Å². The van der Waals surface area contributed by atoms with E-state index in [9.17, 15) is 9.59 Å². The summed E-state index contributed by atoms with van der Waals surface area (Å²) in [5.41, 5.74) is 0. The molecule has 0 rings (SSSR count). The lowest BCUT2D eigenvalue weighted by molar-refractivity contribution is -0.150. The molecule has 142 valence electrons. The summed E-state index contributed by atoms with van der Waals surface area (Å²) >= 11 is 0. The van der Waals surface area contributed by atoms with Gasteiger partial charge in [-0.15, -0.1) is 0 Å². The average Bonchev–Trinajstić information content (AvgIpc) is 2.53. The molecule has 0 spiro atoms. The highest BCUT2D eigenvalue weighted by Gasteiger charge is 2.16. The Bertz CT molecular complexity index is 312. The van der Waals surface area contributed by atoms with E-state index in [-0.39, 0.29) is 17.9 Å². The molecular weight excluding hydrogens is 300 g/mol. The van der Waals surface area contributed by atoms with Gasteiger partial charge in [0.25, 0.3) is 0 Å². The lowest BCUT2D eigenvalue weighted by Crippen LogP contribution is -2.20. The highest BCUT2D eigenvalue weighted by molar-refractivity contribution is 5.76. The van der Waals surface area contributed by atoms with Gasteiger partial charge in [0.15, 0.2) is 0 Å². The quantitative estimate of drug-likeness (QED) is 0.228. The van der Waals surface area contributed by atoms with E-state index in [0.717, 1.165) is 32.1 Å². The second kappa shape index (κ2) is 17.0. The van der Waals surface area contributed by atoms with Crippen molar-refractivity contribution in [1.29, 1.82) is 0 Å². The summed E-state index contributed by atoms with van der Waals surface area (Å²) < 4.78 is 5.52. The van der Waals surface area contributed by atoms with Crippen molar-refractivity contribution in [1.82, 2.24) is 0 Å². The molecule has 0 aromatic heterocycles. The van der Waals surface area contributed by atoms with E-state index >= 15 is 0 Å². The minimum absolute atomic E-state index is 0.109. The molecule has 0 aliphatic carbocycles. The fraction of sp³-hybridized carbons (Fsp3) is 0.905. The molecule has 0 fully saturated rings. The van der Waals surface area contributed by atoms with Gasteiger partial charge in [-0.05, 0) is 26.2 Å². The van der Waals surface area contributed by atoms with E-state index in [1.54, 1.807) is 6.92 Å². The van der Waals surface area contributed by atoms with Crippen LogP contribution in [0.1, 0.15) is 117 Å². The summed E-state index contributed by atoms with van der Waals surface area (Å²) in [6, 6.07) is 0. The number of carbonyl (C=O) groups excluding carboxylic acids is 2. The lowest BCUT2D eigenvalue weighted by Gasteiger charge is -2.16. The first kappa shape index (κ1) is 23.1. The van der Waals surface area contributed by atoms with Crippen LogP contribution in [0.2, 0.25) is 0 Å². The number of esters is 1. The third-order valence-electron chi connectivity index (χ3n) is 4.43. The van der Waals surface area contributed by atoms with Crippen LogP contribution in [0.15, 0.2) is 0 Å². The zero-order valence-electron chi connectivity index (χ0n) is 16.4. The largest absolute Gasteiger partial charge is 0.462 e. The Morgan fingerprint density at radius 2 is 1.25 bits per heavy atom. The average molecular weight is 341 g/mol. The molecule has 0 saturated carbocycles. The van der Waals surface area contributed by atoms with Crippen LogP contribution < -0.4 is 0 Å². The molecule has 24 heavy (non-hydrogen) atoms. The second-order valence-corrected chi connectivity index (χ2v) is 7.09. The van der Waals surface area contributed by atoms with Gasteiger partial charge in [-0.2, -0.15) is 0 Å². The molecule has 0 aromatic carbocycles. The summed E-state index contributed by atoms with van der Waals surface area (Å²) in [6.07, 6.45) is 16.0. The summed E-state index contributed by atoms with van der Waals surface area (Å²) in [5.74, 6) is -0.0251. The summed E-state index contributed by atoms with van der Waals surface area (Å²) in [4.78, 5) is 23.2. The van der Waals surface area contributed by atoms with Crippen LogP contribution in [-0.4, -0.2) is 17.9 Å². The SMILES string of the molecule is CCCCCCCCCCC[C@H](CC(C)=O)OC(=O)CCCCC. The molecule has 3 heteroatoms. The van der Waals surface area contributed by atoms with Gasteiger partial charge in [0, 0.05) is 12.8 Å². The number of rotatable bonds is 17. The highest BCUT2D eigenvalue weighted by atomic mass is 16.5. The van der Waals surface area contributed by atoms with Gasteiger partial charge in [0.05, 0.1) is 0 Å². The van der Waals surface area contributed by atoms with Crippen molar-refractivity contribution in [3.63, 3.8) is 0 Å². The topological polar surface area (TPSA) is 43.4 Å². The molecule has 0 saturated heterocycles. The van der Waals surface area contributed by atoms with Crippen LogP contribution in [0.5, 0.6) is 0 Å². The van der Waals surface area contributed by atoms with E-state index in [0.29, 0.717) is 12.8 Å². The van der Waals surface area contributed by atoms with E-state index in [2.05, 4.69) is 13.8 Å². The van der Waals surface area contributed by atoms with Crippen LogP contribution in [0, 0.1) is 0 Å². The fourth-order valence-electron chi connectivity index (χ4n) is 2.97. The van der Waals surface area contributed by atoms with Crippen molar-refractivity contribution in [2.45, 2.75) is 123 Å². The number of ketones is 1. The zero-order valence-corrected chi connectivity index (χ0v) is 16.4. The molecule has 0 unspecified atom stereocenters. The Hall–Kier alpha value is -0.860. The van der Waals surface area contributed by atoms with Gasteiger partial charge in [0.1, 0.15) is 11.9 Å². The van der Waals surface area contributed by atoms with Crippen molar-refractivity contribution in [2.24, 2.45) is 0 Å². The Balaban J connectivity index is 3.78. The van der Waals surface area contributed by atoms with E-state index < -0.39 is 0 Å². The summed E-state index contributed by atoms with van der Waals surface area (Å²) in [5, 5.41) is 0. The number of unbranched alkanes of at least 4 members (excludes halogenated alkanes) is 10. The smallest absolute Gasteiger partial charge is 0.306 e. The van der Waals surface area contributed by atoms with E-state index in [4.69, 9.17) is 4.74 Å². The molecule has 0 N–H and O–H groups in total. The van der Waals surface area contributed by atoms with Crippen molar-refractivity contribution in [3.8, 4) is 0 Å². The summed E-state index contributed by atoms with van der Waals surface area (Å²) in [7, 11) is 0. The Morgan fingerprint density at radius 1 is 0.750 bits per heavy atom. The first-order valence-corrected chi connectivity index (χ1v) is 10.3. The first-order chi connectivity index (χ1) is 11.6. The van der Waals surface area contributed by atoms with Crippen LogP contribution >= 0.6 is 0 Å². The van der Waals surface area contributed by atoms with Crippen molar-refractivity contribution < 1.29 is 14.3 Å². The molecule has 0 heterocycles. The third kappa shape index (κ3) is 16.0. The predicted octanol–water partition coefficient (Wildman–Crippen LogP) is 6.38. The maximum absolute atomic E-state index is 11.8.